The molecule has 0 spiro atoms. The predicted molar refractivity (Wildman–Crippen MR) is 77.7 cm³/mol. The maximum atomic E-state index is 11.7. The van der Waals surface area contributed by atoms with Gasteiger partial charge in [0.25, 0.3) is 0 Å². The van der Waals surface area contributed by atoms with Crippen LogP contribution in [0, 0.1) is 0 Å². The maximum absolute atomic E-state index is 11.7. The van der Waals surface area contributed by atoms with Crippen LogP contribution >= 0.6 is 11.3 Å². The number of nitrogens with zero attached hydrogens (tertiary/aromatic N) is 2. The minimum absolute atomic E-state index is 0.159. The van der Waals surface area contributed by atoms with E-state index in [0.717, 1.165) is 5.75 Å². The molecule has 0 radical (unpaired) electrons. The van der Waals surface area contributed by atoms with Gasteiger partial charge in [-0.15, -0.1) is 10.2 Å². The third-order valence-corrected chi connectivity index (χ3v) is 3.46. The SMILES string of the molecule is CC(N)c1nnc(NC(=O)CCOc2ccccc2)s1. The smallest absolute Gasteiger partial charge is 0.229 e. The summed E-state index contributed by atoms with van der Waals surface area (Å²) < 4.78 is 5.44. The highest BCUT2D eigenvalue weighted by molar-refractivity contribution is 7.15. The van der Waals surface area contributed by atoms with Gasteiger partial charge in [-0.05, 0) is 19.1 Å². The van der Waals surface area contributed by atoms with Gasteiger partial charge in [-0.1, -0.05) is 29.5 Å². The molecule has 0 saturated heterocycles. The van der Waals surface area contributed by atoms with Gasteiger partial charge in [0.2, 0.25) is 11.0 Å². The van der Waals surface area contributed by atoms with E-state index in [1.807, 2.05) is 37.3 Å². The molecule has 2 aromatic rings. The molecular formula is C13H16N4O2S. The molecule has 1 aromatic carbocycles. The summed E-state index contributed by atoms with van der Waals surface area (Å²) in [4.78, 5) is 11.7. The van der Waals surface area contributed by atoms with E-state index in [-0.39, 0.29) is 18.4 Å². The number of carbonyl (C=O) groups excluding carboxylic acids is 1. The number of nitrogens with two attached hydrogens (primary N) is 1. The van der Waals surface area contributed by atoms with Gasteiger partial charge in [-0.3, -0.25) is 4.79 Å². The molecule has 0 fully saturated rings. The lowest BCUT2D eigenvalue weighted by Gasteiger charge is -2.05. The summed E-state index contributed by atoms with van der Waals surface area (Å²) in [6.45, 7) is 2.13. The first-order valence-electron chi connectivity index (χ1n) is 6.22. The summed E-state index contributed by atoms with van der Waals surface area (Å²) in [5, 5.41) is 11.6. The Balaban J connectivity index is 1.75. The average Bonchev–Trinajstić information content (AvgIpc) is 2.88. The van der Waals surface area contributed by atoms with Crippen molar-refractivity contribution in [1.82, 2.24) is 10.2 Å². The van der Waals surface area contributed by atoms with Crippen molar-refractivity contribution >= 4 is 22.4 Å². The molecule has 1 atom stereocenters. The molecule has 0 aliphatic rings. The van der Waals surface area contributed by atoms with Crippen LogP contribution in [0.25, 0.3) is 0 Å². The highest BCUT2D eigenvalue weighted by atomic mass is 32.1. The fourth-order valence-electron chi connectivity index (χ4n) is 1.43. The van der Waals surface area contributed by atoms with Crippen LogP contribution in [-0.2, 0) is 4.79 Å². The van der Waals surface area contributed by atoms with Crippen molar-refractivity contribution in [2.75, 3.05) is 11.9 Å². The predicted octanol–water partition coefficient (Wildman–Crippen LogP) is 1.97. The maximum Gasteiger partial charge on any atom is 0.229 e. The fourth-order valence-corrected chi connectivity index (χ4v) is 2.14. The molecule has 2 rings (SSSR count). The van der Waals surface area contributed by atoms with Crippen LogP contribution in [0.3, 0.4) is 0 Å². The molecule has 0 aliphatic heterocycles. The normalized spacial score (nSPS) is 11.9. The highest BCUT2D eigenvalue weighted by Crippen LogP contribution is 2.19. The summed E-state index contributed by atoms with van der Waals surface area (Å²) in [6.07, 6.45) is 0.252. The van der Waals surface area contributed by atoms with Crippen LogP contribution < -0.4 is 15.8 Å². The standard InChI is InChI=1S/C13H16N4O2S/c1-9(14)12-16-17-13(20-12)15-11(18)7-8-19-10-5-3-2-4-6-10/h2-6,9H,7-8,14H2,1H3,(H,15,17,18). The van der Waals surface area contributed by atoms with Crippen molar-refractivity contribution in [3.63, 3.8) is 0 Å². The van der Waals surface area contributed by atoms with E-state index in [9.17, 15) is 4.79 Å². The van der Waals surface area contributed by atoms with Crippen LogP contribution in [0.15, 0.2) is 30.3 Å². The summed E-state index contributed by atoms with van der Waals surface area (Å²) in [7, 11) is 0. The van der Waals surface area contributed by atoms with E-state index in [1.165, 1.54) is 11.3 Å². The number of carbonyl (C=O) groups is 1. The lowest BCUT2D eigenvalue weighted by Crippen LogP contribution is -2.15. The van der Waals surface area contributed by atoms with Gasteiger partial charge in [0, 0.05) is 0 Å². The number of hydrogen-bond acceptors (Lipinski definition) is 6. The number of aromatic nitrogens is 2. The van der Waals surface area contributed by atoms with Crippen molar-refractivity contribution in [3.05, 3.63) is 35.3 Å². The Hall–Kier alpha value is -1.99. The summed E-state index contributed by atoms with van der Waals surface area (Å²) in [6, 6.07) is 9.18. The van der Waals surface area contributed by atoms with Crippen LogP contribution in [0.4, 0.5) is 5.13 Å². The lowest BCUT2D eigenvalue weighted by atomic mass is 10.3. The van der Waals surface area contributed by atoms with Crippen LogP contribution in [0.5, 0.6) is 5.75 Å². The second-order valence-corrected chi connectivity index (χ2v) is 5.20. The average molecular weight is 292 g/mol. The number of hydrogen-bond donors (Lipinski definition) is 2. The molecule has 6 nitrogen and oxygen atoms in total. The zero-order chi connectivity index (χ0) is 14.4. The van der Waals surface area contributed by atoms with E-state index in [2.05, 4.69) is 15.5 Å². The number of ether oxygens (including phenoxy) is 1. The van der Waals surface area contributed by atoms with Crippen molar-refractivity contribution in [2.45, 2.75) is 19.4 Å². The Morgan fingerprint density at radius 3 is 2.80 bits per heavy atom. The molecule has 3 N–H and O–H groups in total. The lowest BCUT2D eigenvalue weighted by molar-refractivity contribution is -0.116. The van der Waals surface area contributed by atoms with Crippen LogP contribution in [0.1, 0.15) is 24.4 Å². The van der Waals surface area contributed by atoms with Gasteiger partial charge in [-0.2, -0.15) is 0 Å². The Bertz CT molecular complexity index is 557. The number of para-hydroxylation sites is 1. The third kappa shape index (κ3) is 4.29. The van der Waals surface area contributed by atoms with Crippen LogP contribution in [-0.4, -0.2) is 22.7 Å². The topological polar surface area (TPSA) is 90.1 Å². The molecule has 1 heterocycles. The van der Waals surface area contributed by atoms with Gasteiger partial charge in [0.1, 0.15) is 10.8 Å². The van der Waals surface area contributed by atoms with Gasteiger partial charge < -0.3 is 15.8 Å². The fraction of sp³-hybridized carbons (Fsp3) is 0.308. The second kappa shape index (κ2) is 6.97. The number of amides is 1. The van der Waals surface area contributed by atoms with Crippen LogP contribution in [0.2, 0.25) is 0 Å². The minimum atomic E-state index is -0.181. The highest BCUT2D eigenvalue weighted by Gasteiger charge is 2.10. The van der Waals surface area contributed by atoms with Gasteiger partial charge >= 0.3 is 0 Å². The molecule has 1 amide bonds. The molecule has 1 unspecified atom stereocenters. The number of benzene rings is 1. The minimum Gasteiger partial charge on any atom is -0.493 e. The second-order valence-electron chi connectivity index (χ2n) is 4.19. The van der Waals surface area contributed by atoms with E-state index >= 15 is 0 Å². The largest absolute Gasteiger partial charge is 0.493 e. The van der Waals surface area contributed by atoms with Gasteiger partial charge in [0.15, 0.2) is 0 Å². The van der Waals surface area contributed by atoms with Gasteiger partial charge in [-0.25, -0.2) is 0 Å². The quantitative estimate of drug-likeness (QED) is 0.849. The first kappa shape index (κ1) is 14.4. The molecule has 1 aromatic heterocycles. The first-order valence-corrected chi connectivity index (χ1v) is 7.03. The van der Waals surface area contributed by atoms with Crippen molar-refractivity contribution in [2.24, 2.45) is 5.73 Å². The van der Waals surface area contributed by atoms with E-state index in [4.69, 9.17) is 10.5 Å². The molecule has 20 heavy (non-hydrogen) atoms. The van der Waals surface area contributed by atoms with Crippen molar-refractivity contribution in [3.8, 4) is 5.75 Å². The monoisotopic (exact) mass is 292 g/mol. The summed E-state index contributed by atoms with van der Waals surface area (Å²) >= 11 is 1.28. The molecule has 7 heteroatoms. The molecule has 0 aliphatic carbocycles. The molecule has 0 saturated carbocycles. The van der Waals surface area contributed by atoms with Crippen molar-refractivity contribution < 1.29 is 9.53 Å². The Kier molecular flexibility index (Phi) is 5.03. The van der Waals surface area contributed by atoms with E-state index < -0.39 is 0 Å². The summed E-state index contributed by atoms with van der Waals surface area (Å²) in [5.74, 6) is 0.587. The Morgan fingerprint density at radius 2 is 2.15 bits per heavy atom. The third-order valence-electron chi connectivity index (χ3n) is 2.42. The number of anilines is 1. The van der Waals surface area contributed by atoms with E-state index in [1.54, 1.807) is 0 Å². The van der Waals surface area contributed by atoms with Gasteiger partial charge in [0.05, 0.1) is 19.1 Å². The molecular weight excluding hydrogens is 276 g/mol. The summed E-state index contributed by atoms with van der Waals surface area (Å²) in [5.41, 5.74) is 5.68. The number of rotatable bonds is 6. The Morgan fingerprint density at radius 1 is 1.40 bits per heavy atom. The van der Waals surface area contributed by atoms with Crippen molar-refractivity contribution in [1.29, 1.82) is 0 Å². The zero-order valence-electron chi connectivity index (χ0n) is 11.1. The zero-order valence-corrected chi connectivity index (χ0v) is 11.9. The number of nitrogens with one attached hydrogen (secondary N) is 1. The molecule has 0 bridgehead atoms. The molecule has 106 valence electrons. The Labute approximate surface area is 121 Å². The van der Waals surface area contributed by atoms with E-state index in [0.29, 0.717) is 16.7 Å². The first-order chi connectivity index (χ1) is 9.65.